The van der Waals surface area contributed by atoms with Crippen molar-refractivity contribution in [2.24, 2.45) is 5.92 Å². The average molecular weight is 699 g/mol. The fraction of sp³-hybridized carbons (Fsp3) is 0.556. The molecule has 5 rings (SSSR count). The first-order valence-corrected chi connectivity index (χ1v) is 20.0. The molecule has 280 valence electrons. The van der Waals surface area contributed by atoms with Crippen LogP contribution in [0.4, 0.5) is 10.1 Å². The highest BCUT2D eigenvalue weighted by molar-refractivity contribution is 5.47. The molecule has 1 aromatic heterocycles. The minimum atomic E-state index is -0.111. The maximum absolute atomic E-state index is 13.1. The molecule has 0 bridgehead atoms. The summed E-state index contributed by atoms with van der Waals surface area (Å²) in [5.41, 5.74) is 7.70. The number of anilines is 1. The molecule has 4 aromatic rings. The molecule has 1 heterocycles. The fourth-order valence-electron chi connectivity index (χ4n) is 7.83. The van der Waals surface area contributed by atoms with Gasteiger partial charge in [0.15, 0.2) is 0 Å². The Balaban J connectivity index is 0.000000342. The first-order valence-electron chi connectivity index (χ1n) is 20.0. The van der Waals surface area contributed by atoms with Crippen LogP contribution in [0.2, 0.25) is 0 Å². The predicted octanol–water partition coefficient (Wildman–Crippen LogP) is 11.8. The van der Waals surface area contributed by atoms with E-state index in [9.17, 15) is 9.18 Å². The van der Waals surface area contributed by atoms with Gasteiger partial charge in [0, 0.05) is 18.8 Å². The lowest BCUT2D eigenvalue weighted by Crippen LogP contribution is -2.29. The van der Waals surface area contributed by atoms with E-state index in [0.717, 1.165) is 56.4 Å². The highest BCUT2D eigenvalue weighted by Gasteiger charge is 2.34. The highest BCUT2D eigenvalue weighted by atomic mass is 19.1. The molecule has 0 aliphatic heterocycles. The molecule has 0 N–H and O–H groups in total. The van der Waals surface area contributed by atoms with E-state index in [1.165, 1.54) is 60.9 Å². The van der Waals surface area contributed by atoms with E-state index >= 15 is 0 Å². The van der Waals surface area contributed by atoms with Crippen LogP contribution in [0.25, 0.3) is 5.69 Å². The lowest BCUT2D eigenvalue weighted by molar-refractivity contribution is 0.327. The van der Waals surface area contributed by atoms with E-state index in [4.69, 9.17) is 0 Å². The third-order valence-electron chi connectivity index (χ3n) is 10.6. The van der Waals surface area contributed by atoms with Crippen molar-refractivity contribution >= 4 is 5.69 Å². The number of hydrogen-bond acceptors (Lipinski definition) is 3. The summed E-state index contributed by atoms with van der Waals surface area (Å²) in [6.45, 7) is 21.3. The SMILES string of the molecule is CC.CCC1(c2ccc(F)cc2C)CCCC1.CCCc1ccc(N(CCC)CCCc2ccc(-n3cnn([C@@H](CC)C(C)C)c3=O)cc2)cc1. The van der Waals surface area contributed by atoms with Gasteiger partial charge in [0.25, 0.3) is 0 Å². The zero-order chi connectivity index (χ0) is 37.4. The molecule has 1 aliphatic rings. The zero-order valence-electron chi connectivity index (χ0n) is 33.4. The van der Waals surface area contributed by atoms with Gasteiger partial charge < -0.3 is 4.90 Å². The van der Waals surface area contributed by atoms with Crippen LogP contribution in [0.15, 0.2) is 77.9 Å². The van der Waals surface area contributed by atoms with E-state index in [1.54, 1.807) is 27.7 Å². The summed E-state index contributed by atoms with van der Waals surface area (Å²) >= 11 is 0. The van der Waals surface area contributed by atoms with E-state index in [1.807, 2.05) is 39.0 Å². The lowest BCUT2D eigenvalue weighted by atomic mass is 9.75. The molecule has 0 amide bonds. The predicted molar refractivity (Wildman–Crippen MR) is 216 cm³/mol. The van der Waals surface area contributed by atoms with Crippen LogP contribution >= 0.6 is 0 Å². The van der Waals surface area contributed by atoms with Crippen LogP contribution in [0.5, 0.6) is 0 Å². The molecule has 1 saturated carbocycles. The van der Waals surface area contributed by atoms with Crippen LogP contribution in [-0.4, -0.2) is 27.4 Å². The van der Waals surface area contributed by atoms with Gasteiger partial charge in [0.05, 0.1) is 11.7 Å². The van der Waals surface area contributed by atoms with Crippen molar-refractivity contribution < 1.29 is 4.39 Å². The molecule has 5 nitrogen and oxygen atoms in total. The summed E-state index contributed by atoms with van der Waals surface area (Å²) in [6.07, 6.45) is 14.5. The standard InChI is InChI=1S/C29H42N4O.C14H19F.C2H6/c1-6-10-24-12-16-26(17-13-24)31(20-7-2)21-9-11-25-14-18-27(19-15-25)32-22-30-33(29(32)34)28(8-3)23(4)5;1-3-14(8-4-5-9-14)13-7-6-12(15)10-11(13)2;1-2/h12-19,22-23,28H,6-11,20-21H2,1-5H3;6-7,10H,3-5,8-9H2,1-2H3;1-2H3/t28-;;/m0../s1. The highest BCUT2D eigenvalue weighted by Crippen LogP contribution is 2.44. The van der Waals surface area contributed by atoms with Gasteiger partial charge in [-0.05, 0) is 128 Å². The Morgan fingerprint density at radius 3 is 2.02 bits per heavy atom. The number of aromatic nitrogens is 3. The lowest BCUT2D eigenvalue weighted by Gasteiger charge is -2.29. The van der Waals surface area contributed by atoms with E-state index in [-0.39, 0.29) is 17.5 Å². The minimum Gasteiger partial charge on any atom is -0.372 e. The molecule has 3 aromatic carbocycles. The third-order valence-corrected chi connectivity index (χ3v) is 10.6. The van der Waals surface area contributed by atoms with Gasteiger partial charge in [-0.3, -0.25) is 0 Å². The summed E-state index contributed by atoms with van der Waals surface area (Å²) in [5, 5.41) is 4.40. The minimum absolute atomic E-state index is 0.0616. The number of benzene rings is 3. The Labute approximate surface area is 309 Å². The van der Waals surface area contributed by atoms with Crippen LogP contribution in [0.1, 0.15) is 141 Å². The number of nitrogens with zero attached hydrogens (tertiary/aromatic N) is 4. The molecule has 0 saturated heterocycles. The molecule has 1 atom stereocenters. The Kier molecular flexibility index (Phi) is 17.2. The van der Waals surface area contributed by atoms with Crippen LogP contribution in [-0.2, 0) is 18.3 Å². The van der Waals surface area contributed by atoms with E-state index in [0.29, 0.717) is 11.3 Å². The van der Waals surface area contributed by atoms with Crippen LogP contribution < -0.4 is 10.6 Å². The Morgan fingerprint density at radius 1 is 0.843 bits per heavy atom. The van der Waals surface area contributed by atoms with Crippen molar-refractivity contribution in [2.75, 3.05) is 18.0 Å². The van der Waals surface area contributed by atoms with Gasteiger partial charge in [-0.1, -0.05) is 105 Å². The van der Waals surface area contributed by atoms with Crippen LogP contribution in [0, 0.1) is 18.7 Å². The zero-order valence-corrected chi connectivity index (χ0v) is 33.4. The topological polar surface area (TPSA) is 43.1 Å². The van der Waals surface area contributed by atoms with Gasteiger partial charge in [-0.2, -0.15) is 5.10 Å². The van der Waals surface area contributed by atoms with Crippen LogP contribution in [0.3, 0.4) is 0 Å². The van der Waals surface area contributed by atoms with E-state index in [2.05, 4.69) is 87.9 Å². The molecule has 0 spiro atoms. The molecule has 1 fully saturated rings. The summed E-state index contributed by atoms with van der Waals surface area (Å²) in [4.78, 5) is 15.4. The summed E-state index contributed by atoms with van der Waals surface area (Å²) in [6, 6.07) is 22.9. The molecule has 0 unspecified atom stereocenters. The monoisotopic (exact) mass is 699 g/mol. The van der Waals surface area contributed by atoms with E-state index < -0.39 is 0 Å². The maximum Gasteiger partial charge on any atom is 0.350 e. The third kappa shape index (κ3) is 11.2. The maximum atomic E-state index is 13.1. The summed E-state index contributed by atoms with van der Waals surface area (Å²) in [7, 11) is 0. The molecule has 0 radical (unpaired) electrons. The Bertz CT molecular complexity index is 1610. The normalized spacial score (nSPS) is 14.0. The van der Waals surface area contributed by atoms with Gasteiger partial charge >= 0.3 is 5.69 Å². The van der Waals surface area contributed by atoms with Crippen molar-refractivity contribution in [1.82, 2.24) is 14.3 Å². The van der Waals surface area contributed by atoms with Crippen molar-refractivity contribution in [2.45, 2.75) is 144 Å². The Morgan fingerprint density at radius 2 is 1.47 bits per heavy atom. The first kappa shape index (κ1) is 41.7. The number of hydrogen-bond donors (Lipinski definition) is 0. The van der Waals surface area contributed by atoms with Gasteiger partial charge in [0.1, 0.15) is 12.1 Å². The number of rotatable bonds is 15. The largest absolute Gasteiger partial charge is 0.372 e. The second-order valence-corrected chi connectivity index (χ2v) is 14.4. The van der Waals surface area contributed by atoms with Gasteiger partial charge in [-0.15, -0.1) is 0 Å². The summed E-state index contributed by atoms with van der Waals surface area (Å²) < 4.78 is 16.4. The van der Waals surface area contributed by atoms with Crippen molar-refractivity contribution in [1.29, 1.82) is 0 Å². The number of halogens is 1. The molecular formula is C45H67FN4O. The number of aryl methyl sites for hydroxylation is 3. The average Bonchev–Trinajstić information content (AvgIpc) is 3.78. The van der Waals surface area contributed by atoms with Gasteiger partial charge in [-0.25, -0.2) is 18.4 Å². The molecule has 51 heavy (non-hydrogen) atoms. The summed E-state index contributed by atoms with van der Waals surface area (Å²) in [5.74, 6) is 0.260. The fourth-order valence-corrected chi connectivity index (χ4v) is 7.83. The molecule has 1 aliphatic carbocycles. The molecular weight excluding hydrogens is 632 g/mol. The smallest absolute Gasteiger partial charge is 0.350 e. The van der Waals surface area contributed by atoms with Crippen molar-refractivity contribution in [3.05, 3.63) is 112 Å². The van der Waals surface area contributed by atoms with Crippen molar-refractivity contribution in [3.63, 3.8) is 0 Å². The second kappa shape index (κ2) is 21.0. The quantitative estimate of drug-likeness (QED) is 0.124. The second-order valence-electron chi connectivity index (χ2n) is 14.4. The molecule has 6 heteroatoms. The first-order chi connectivity index (χ1) is 24.7. The van der Waals surface area contributed by atoms with Crippen molar-refractivity contribution in [3.8, 4) is 5.69 Å². The van der Waals surface area contributed by atoms with Gasteiger partial charge in [0.2, 0.25) is 0 Å². The Hall–Kier alpha value is -3.67.